The van der Waals surface area contributed by atoms with Crippen LogP contribution in [0.3, 0.4) is 0 Å². The highest BCUT2D eigenvalue weighted by Gasteiger charge is 2.16. The van der Waals surface area contributed by atoms with Crippen molar-refractivity contribution in [3.63, 3.8) is 0 Å². The SMILES string of the molecule is CC[C@H](CO)NC(=NCCc1ccco1)NC1CCCCC1.I. The number of guanidine groups is 1. The monoisotopic (exact) mass is 435 g/mol. The second-order valence-electron chi connectivity index (χ2n) is 5.97. The Labute approximate surface area is 156 Å². The molecule has 1 aliphatic carbocycles. The Balaban J connectivity index is 0.00000264. The molecule has 0 aliphatic heterocycles. The van der Waals surface area contributed by atoms with Gasteiger partial charge in [0.2, 0.25) is 0 Å². The summed E-state index contributed by atoms with van der Waals surface area (Å²) in [5.74, 6) is 1.77. The predicted octanol–water partition coefficient (Wildman–Crippen LogP) is 3.08. The van der Waals surface area contributed by atoms with E-state index in [2.05, 4.69) is 22.5 Å². The van der Waals surface area contributed by atoms with E-state index < -0.39 is 0 Å². The fourth-order valence-corrected chi connectivity index (χ4v) is 2.78. The molecule has 1 aromatic rings. The first-order valence-electron chi connectivity index (χ1n) is 8.52. The number of aliphatic hydroxyl groups is 1. The maximum atomic E-state index is 9.40. The van der Waals surface area contributed by atoms with Crippen molar-refractivity contribution in [2.45, 2.75) is 64.0 Å². The average Bonchev–Trinajstić information content (AvgIpc) is 3.06. The van der Waals surface area contributed by atoms with Gasteiger partial charge >= 0.3 is 0 Å². The maximum Gasteiger partial charge on any atom is 0.191 e. The largest absolute Gasteiger partial charge is 0.469 e. The highest BCUT2D eigenvalue weighted by molar-refractivity contribution is 14.0. The molecule has 6 heteroatoms. The molecule has 1 aliphatic rings. The van der Waals surface area contributed by atoms with Crippen LogP contribution in [-0.4, -0.2) is 36.3 Å². The fraction of sp³-hybridized carbons (Fsp3) is 0.706. The van der Waals surface area contributed by atoms with Gasteiger partial charge in [-0.1, -0.05) is 26.2 Å². The van der Waals surface area contributed by atoms with E-state index in [0.717, 1.165) is 24.6 Å². The van der Waals surface area contributed by atoms with Crippen LogP contribution in [0.4, 0.5) is 0 Å². The van der Waals surface area contributed by atoms with Gasteiger partial charge in [-0.3, -0.25) is 4.99 Å². The van der Waals surface area contributed by atoms with Crippen molar-refractivity contribution >= 4 is 29.9 Å². The Kier molecular flexibility index (Phi) is 10.3. The lowest BCUT2D eigenvalue weighted by molar-refractivity contribution is 0.251. The van der Waals surface area contributed by atoms with Crippen LogP contribution in [0.5, 0.6) is 0 Å². The van der Waals surface area contributed by atoms with E-state index in [4.69, 9.17) is 4.42 Å². The van der Waals surface area contributed by atoms with Gasteiger partial charge in [-0.2, -0.15) is 0 Å². The molecule has 0 spiro atoms. The van der Waals surface area contributed by atoms with Crippen LogP contribution >= 0.6 is 24.0 Å². The number of nitrogens with zero attached hydrogens (tertiary/aromatic N) is 1. The Morgan fingerprint density at radius 1 is 1.39 bits per heavy atom. The van der Waals surface area contributed by atoms with Gasteiger partial charge < -0.3 is 20.2 Å². The van der Waals surface area contributed by atoms with E-state index in [1.54, 1.807) is 6.26 Å². The van der Waals surface area contributed by atoms with Crippen LogP contribution in [0.15, 0.2) is 27.8 Å². The van der Waals surface area contributed by atoms with Crippen LogP contribution in [0.2, 0.25) is 0 Å². The van der Waals surface area contributed by atoms with Gasteiger partial charge in [0.05, 0.1) is 18.9 Å². The maximum absolute atomic E-state index is 9.40. The van der Waals surface area contributed by atoms with Crippen molar-refractivity contribution in [3.05, 3.63) is 24.2 Å². The quantitative estimate of drug-likeness (QED) is 0.350. The second-order valence-corrected chi connectivity index (χ2v) is 5.97. The van der Waals surface area contributed by atoms with Crippen LogP contribution in [0.1, 0.15) is 51.2 Å². The second kappa shape index (κ2) is 11.7. The van der Waals surface area contributed by atoms with E-state index in [1.807, 2.05) is 12.1 Å². The number of aliphatic imine (C=N–C) groups is 1. The third kappa shape index (κ3) is 7.56. The van der Waals surface area contributed by atoms with Crippen molar-refractivity contribution in [3.8, 4) is 0 Å². The standard InChI is InChI=1S/C17H29N3O2.HI/c1-2-14(13-21)19-17(20-15-7-4-3-5-8-15)18-11-10-16-9-6-12-22-16;/h6,9,12,14-15,21H,2-5,7-8,10-11,13H2,1H3,(H2,18,19,20);1H/t14-;/m1./s1. The van der Waals surface area contributed by atoms with Gasteiger partial charge in [0.25, 0.3) is 0 Å². The molecule has 1 heterocycles. The first-order valence-corrected chi connectivity index (χ1v) is 8.52. The minimum atomic E-state index is 0. The van der Waals surface area contributed by atoms with Crippen molar-refractivity contribution in [2.24, 2.45) is 4.99 Å². The minimum absolute atomic E-state index is 0. The fourth-order valence-electron chi connectivity index (χ4n) is 2.78. The molecular formula is C17H30IN3O2. The topological polar surface area (TPSA) is 69.8 Å². The molecule has 0 radical (unpaired) electrons. The summed E-state index contributed by atoms with van der Waals surface area (Å²) in [6.45, 7) is 2.87. The summed E-state index contributed by atoms with van der Waals surface area (Å²) in [4.78, 5) is 4.65. The molecule has 0 saturated heterocycles. The van der Waals surface area contributed by atoms with E-state index >= 15 is 0 Å². The Morgan fingerprint density at radius 2 is 2.17 bits per heavy atom. The molecule has 132 valence electrons. The lowest BCUT2D eigenvalue weighted by Crippen LogP contribution is -2.49. The first-order chi connectivity index (χ1) is 10.8. The van der Waals surface area contributed by atoms with Crippen molar-refractivity contribution < 1.29 is 9.52 Å². The molecule has 1 atom stereocenters. The van der Waals surface area contributed by atoms with Crippen LogP contribution in [0, 0.1) is 0 Å². The summed E-state index contributed by atoms with van der Waals surface area (Å²) in [5, 5.41) is 16.3. The third-order valence-corrected chi connectivity index (χ3v) is 4.21. The Hall–Kier alpha value is -0.760. The summed E-state index contributed by atoms with van der Waals surface area (Å²) in [6, 6.07) is 4.43. The molecule has 1 saturated carbocycles. The van der Waals surface area contributed by atoms with Gasteiger partial charge in [-0.15, -0.1) is 24.0 Å². The van der Waals surface area contributed by atoms with Crippen LogP contribution in [-0.2, 0) is 6.42 Å². The number of hydrogen-bond donors (Lipinski definition) is 3. The molecule has 2 rings (SSSR count). The van der Waals surface area contributed by atoms with E-state index in [-0.39, 0.29) is 36.6 Å². The van der Waals surface area contributed by atoms with Crippen molar-refractivity contribution in [1.82, 2.24) is 10.6 Å². The summed E-state index contributed by atoms with van der Waals surface area (Å²) in [6.07, 6.45) is 9.68. The van der Waals surface area contributed by atoms with E-state index in [1.165, 1.54) is 32.1 Å². The molecule has 0 unspecified atom stereocenters. The first kappa shape index (κ1) is 20.3. The summed E-state index contributed by atoms with van der Waals surface area (Å²) < 4.78 is 5.34. The third-order valence-electron chi connectivity index (χ3n) is 4.21. The van der Waals surface area contributed by atoms with Gasteiger partial charge in [-0.25, -0.2) is 0 Å². The number of furan rings is 1. The van der Waals surface area contributed by atoms with Gasteiger partial charge in [0.1, 0.15) is 5.76 Å². The lowest BCUT2D eigenvalue weighted by Gasteiger charge is -2.27. The summed E-state index contributed by atoms with van der Waals surface area (Å²) in [7, 11) is 0. The molecular weight excluding hydrogens is 405 g/mol. The van der Waals surface area contributed by atoms with Gasteiger partial charge in [0.15, 0.2) is 5.96 Å². The number of aliphatic hydroxyl groups excluding tert-OH is 1. The van der Waals surface area contributed by atoms with Crippen LogP contribution in [0.25, 0.3) is 0 Å². The van der Waals surface area contributed by atoms with Gasteiger partial charge in [0, 0.05) is 19.0 Å². The smallest absolute Gasteiger partial charge is 0.191 e. The van der Waals surface area contributed by atoms with E-state index in [9.17, 15) is 5.11 Å². The number of hydrogen-bond acceptors (Lipinski definition) is 3. The number of rotatable bonds is 7. The van der Waals surface area contributed by atoms with Crippen LogP contribution < -0.4 is 10.6 Å². The molecule has 5 nitrogen and oxygen atoms in total. The number of halogens is 1. The molecule has 23 heavy (non-hydrogen) atoms. The minimum Gasteiger partial charge on any atom is -0.469 e. The Morgan fingerprint density at radius 3 is 2.78 bits per heavy atom. The molecule has 0 bridgehead atoms. The molecule has 1 fully saturated rings. The highest BCUT2D eigenvalue weighted by Crippen LogP contribution is 2.17. The average molecular weight is 435 g/mol. The van der Waals surface area contributed by atoms with Crippen molar-refractivity contribution in [1.29, 1.82) is 0 Å². The van der Waals surface area contributed by atoms with Crippen molar-refractivity contribution in [2.75, 3.05) is 13.2 Å². The zero-order valence-corrected chi connectivity index (χ0v) is 16.3. The highest BCUT2D eigenvalue weighted by atomic mass is 127. The molecule has 1 aromatic heterocycles. The van der Waals surface area contributed by atoms with Gasteiger partial charge in [-0.05, 0) is 31.4 Å². The lowest BCUT2D eigenvalue weighted by atomic mass is 9.96. The molecule has 0 amide bonds. The van der Waals surface area contributed by atoms with E-state index in [0.29, 0.717) is 12.6 Å². The molecule has 3 N–H and O–H groups in total. The predicted molar refractivity (Wildman–Crippen MR) is 104 cm³/mol. The zero-order chi connectivity index (χ0) is 15.6. The summed E-state index contributed by atoms with van der Waals surface area (Å²) >= 11 is 0. The molecule has 0 aromatic carbocycles. The zero-order valence-electron chi connectivity index (χ0n) is 14.0. The normalized spacial score (nSPS) is 17.4. The number of nitrogens with one attached hydrogen (secondary N) is 2. The Bertz CT molecular complexity index is 427. The summed E-state index contributed by atoms with van der Waals surface area (Å²) in [5.41, 5.74) is 0.